The van der Waals surface area contributed by atoms with Crippen molar-refractivity contribution in [3.05, 3.63) is 380 Å². The summed E-state index contributed by atoms with van der Waals surface area (Å²) in [6.45, 7) is 0. The van der Waals surface area contributed by atoms with E-state index in [2.05, 4.69) is 358 Å². The van der Waals surface area contributed by atoms with Crippen LogP contribution in [0.2, 0.25) is 0 Å². The van der Waals surface area contributed by atoms with Crippen LogP contribution >= 0.6 is 0 Å². The predicted octanol–water partition coefficient (Wildman–Crippen LogP) is 22.6. The largest absolute Gasteiger partial charge is 0.208 e. The minimum atomic E-state index is -0.896. The van der Waals surface area contributed by atoms with Crippen LogP contribution in [0.15, 0.2) is 358 Å². The summed E-state index contributed by atoms with van der Waals surface area (Å²) < 4.78 is 0. The van der Waals surface area contributed by atoms with Crippen molar-refractivity contribution < 1.29 is 0 Å². The maximum absolute atomic E-state index is 5.69. The molecule has 0 fully saturated rings. The predicted molar refractivity (Wildman–Crippen MR) is 377 cm³/mol. The quantitative estimate of drug-likeness (QED) is 0.115. The first-order valence-electron chi connectivity index (χ1n) is 31.1. The zero-order chi connectivity index (χ0) is 60.5. The van der Waals surface area contributed by atoms with Gasteiger partial charge in [0.15, 0.2) is 17.5 Å². The van der Waals surface area contributed by atoms with Gasteiger partial charge in [0.2, 0.25) is 0 Å². The Morgan fingerprint density at radius 1 is 0.154 bits per heavy atom. The Morgan fingerprint density at radius 3 is 0.681 bits per heavy atom. The summed E-state index contributed by atoms with van der Waals surface area (Å²) >= 11 is 0. The molecule has 15 aromatic rings. The second-order valence-electron chi connectivity index (χ2n) is 23.5. The van der Waals surface area contributed by atoms with E-state index in [1.54, 1.807) is 0 Å². The highest BCUT2D eigenvalue weighted by atomic mass is 15.0. The normalized spacial score (nSPS) is 12.0. The van der Waals surface area contributed by atoms with Gasteiger partial charge in [0.05, 0.1) is 5.41 Å². The fourth-order valence-corrected chi connectivity index (χ4v) is 13.6. The van der Waals surface area contributed by atoms with E-state index in [1.165, 1.54) is 11.1 Å². The van der Waals surface area contributed by atoms with Gasteiger partial charge in [-0.05, 0) is 201 Å². The second kappa shape index (κ2) is 23.6. The van der Waals surface area contributed by atoms with Crippen LogP contribution in [0.25, 0.3) is 134 Å². The van der Waals surface area contributed by atoms with E-state index in [-0.39, 0.29) is 0 Å². The molecule has 0 radical (unpaired) electrons. The number of benzene rings is 14. The third-order valence-electron chi connectivity index (χ3n) is 17.9. The summed E-state index contributed by atoms with van der Waals surface area (Å²) in [5.74, 6) is 1.71. The van der Waals surface area contributed by atoms with Gasteiger partial charge in [-0.3, -0.25) is 0 Å². The molecule has 1 aliphatic carbocycles. The summed E-state index contributed by atoms with van der Waals surface area (Å²) in [4.78, 5) is 17.0. The number of nitrogens with zero attached hydrogens (tertiary/aromatic N) is 3. The van der Waals surface area contributed by atoms with Crippen molar-refractivity contribution in [2.24, 2.45) is 0 Å². The molecule has 3 heteroatoms. The van der Waals surface area contributed by atoms with Gasteiger partial charge < -0.3 is 0 Å². The Kier molecular flexibility index (Phi) is 14.2. The Hall–Kier alpha value is -11.9. The number of hydrogen-bond donors (Lipinski definition) is 0. The Balaban J connectivity index is 1.00. The molecule has 0 bridgehead atoms. The van der Waals surface area contributed by atoms with E-state index >= 15 is 0 Å². The van der Waals surface area contributed by atoms with Crippen molar-refractivity contribution >= 4 is 0 Å². The van der Waals surface area contributed by atoms with Crippen LogP contribution in [0.5, 0.6) is 0 Å². The Morgan fingerprint density at radius 2 is 0.385 bits per heavy atom. The van der Waals surface area contributed by atoms with Gasteiger partial charge in [0.25, 0.3) is 0 Å². The van der Waals surface area contributed by atoms with Crippen molar-refractivity contribution in [3.63, 3.8) is 0 Å². The van der Waals surface area contributed by atoms with Gasteiger partial charge in [-0.1, -0.05) is 279 Å². The molecule has 1 aliphatic rings. The van der Waals surface area contributed by atoms with Gasteiger partial charge in [-0.25, -0.2) is 15.0 Å². The molecule has 0 unspecified atom stereocenters. The molecule has 1 heterocycles. The molecular formula is C88H59N3. The van der Waals surface area contributed by atoms with E-state index in [4.69, 9.17) is 15.0 Å². The number of rotatable bonds is 13. The zero-order valence-electron chi connectivity index (χ0n) is 49.9. The maximum Gasteiger partial charge on any atom is 0.164 e. The van der Waals surface area contributed by atoms with Crippen molar-refractivity contribution in [3.8, 4) is 134 Å². The maximum atomic E-state index is 5.69. The van der Waals surface area contributed by atoms with Crippen LogP contribution < -0.4 is 0 Å². The number of aromatic nitrogens is 3. The molecule has 0 atom stereocenters. The van der Waals surface area contributed by atoms with E-state index in [1.807, 2.05) is 0 Å². The van der Waals surface area contributed by atoms with Crippen molar-refractivity contribution in [2.45, 2.75) is 5.41 Å². The summed E-state index contributed by atoms with van der Waals surface area (Å²) in [6, 6.07) is 130. The molecule has 0 saturated heterocycles. The molecule has 1 aromatic heterocycles. The van der Waals surface area contributed by atoms with Crippen LogP contribution in [0.1, 0.15) is 22.3 Å². The first-order chi connectivity index (χ1) is 45.1. The lowest BCUT2D eigenvalue weighted by molar-refractivity contribution is 0.770. The summed E-state index contributed by atoms with van der Waals surface area (Å²) in [7, 11) is 0. The zero-order valence-corrected chi connectivity index (χ0v) is 49.9. The molecule has 426 valence electrons. The standard InChI is InChI=1S/C88H59N3/c1-9-27-60(28-10-1)69-47-70(61-29-11-2-12-30-61)52-77(51-69)86-89-85(90-87(91-86)78-53-71(62-31-13-3-14-32-62)48-72(54-78)63-33-15-4-16-34-63)68-45-46-82-81-43-25-26-44-83(81)88(84(82)59-68,79-55-73(64-35-17-5-18-36-64)49-74(56-79)65-37-19-6-20-38-65)80-57-75(66-39-21-7-22-40-66)50-76(58-80)67-41-23-8-24-42-67/h1-59H. The van der Waals surface area contributed by atoms with Gasteiger partial charge in [0, 0.05) is 16.7 Å². The molecule has 16 rings (SSSR count). The van der Waals surface area contributed by atoms with E-state index in [0.29, 0.717) is 17.5 Å². The van der Waals surface area contributed by atoms with Gasteiger partial charge in [-0.2, -0.15) is 0 Å². The monoisotopic (exact) mass is 1160 g/mol. The average Bonchev–Trinajstić information content (AvgIpc) is 1.56. The lowest BCUT2D eigenvalue weighted by Crippen LogP contribution is -2.29. The molecule has 14 aromatic carbocycles. The highest BCUT2D eigenvalue weighted by molar-refractivity contribution is 5.92. The molecule has 0 amide bonds. The molecule has 0 saturated carbocycles. The third-order valence-corrected chi connectivity index (χ3v) is 17.9. The van der Waals surface area contributed by atoms with Crippen LogP contribution in [0.3, 0.4) is 0 Å². The minimum absolute atomic E-state index is 0.566. The van der Waals surface area contributed by atoms with E-state index in [9.17, 15) is 0 Å². The van der Waals surface area contributed by atoms with Crippen LogP contribution in [0, 0.1) is 0 Å². The van der Waals surface area contributed by atoms with Gasteiger partial charge >= 0.3 is 0 Å². The minimum Gasteiger partial charge on any atom is -0.208 e. The second-order valence-corrected chi connectivity index (χ2v) is 23.5. The summed E-state index contributed by atoms with van der Waals surface area (Å²) in [5, 5.41) is 0. The lowest BCUT2D eigenvalue weighted by atomic mass is 9.66. The highest BCUT2D eigenvalue weighted by Gasteiger charge is 2.47. The molecule has 3 nitrogen and oxygen atoms in total. The average molecular weight is 1160 g/mol. The van der Waals surface area contributed by atoms with Crippen LogP contribution in [-0.4, -0.2) is 15.0 Å². The Bertz CT molecular complexity index is 4610. The van der Waals surface area contributed by atoms with Crippen LogP contribution in [-0.2, 0) is 5.41 Å². The smallest absolute Gasteiger partial charge is 0.164 e. The van der Waals surface area contributed by atoms with E-state index in [0.717, 1.165) is 128 Å². The fraction of sp³-hybridized carbons (Fsp3) is 0.0114. The summed E-state index contributed by atoms with van der Waals surface area (Å²) in [5.41, 5.74) is 26.5. The number of fused-ring (bicyclic) bond motifs is 3. The Labute approximate surface area is 531 Å². The highest BCUT2D eigenvalue weighted by Crippen LogP contribution is 2.58. The molecule has 91 heavy (non-hydrogen) atoms. The third kappa shape index (κ3) is 10.4. The topological polar surface area (TPSA) is 38.7 Å². The molecule has 0 aliphatic heterocycles. The lowest BCUT2D eigenvalue weighted by Gasteiger charge is -2.35. The SMILES string of the molecule is c1ccc(-c2cc(-c3ccccc3)cc(-c3nc(-c4cc(-c5ccccc5)cc(-c5ccccc5)c4)nc(-c4ccc5c(c4)C(c4cc(-c6ccccc6)cc(-c6ccccc6)c4)(c4cc(-c6ccccc6)cc(-c6ccccc6)c4)c4ccccc4-5)n3)c2)cc1. The molecule has 0 spiro atoms. The fourth-order valence-electron chi connectivity index (χ4n) is 13.6. The van der Waals surface area contributed by atoms with Gasteiger partial charge in [0.1, 0.15) is 0 Å². The first kappa shape index (κ1) is 54.5. The van der Waals surface area contributed by atoms with Crippen LogP contribution in [0.4, 0.5) is 0 Å². The van der Waals surface area contributed by atoms with Gasteiger partial charge in [-0.15, -0.1) is 0 Å². The molecular weight excluding hydrogens is 1100 g/mol. The first-order valence-corrected chi connectivity index (χ1v) is 31.1. The van der Waals surface area contributed by atoms with E-state index < -0.39 is 5.41 Å². The summed E-state index contributed by atoms with van der Waals surface area (Å²) in [6.07, 6.45) is 0. The number of hydrogen-bond acceptors (Lipinski definition) is 3. The van der Waals surface area contributed by atoms with Crippen molar-refractivity contribution in [1.29, 1.82) is 0 Å². The molecule has 0 N–H and O–H groups in total. The van der Waals surface area contributed by atoms with Crippen molar-refractivity contribution in [2.75, 3.05) is 0 Å². The van der Waals surface area contributed by atoms with Crippen molar-refractivity contribution in [1.82, 2.24) is 15.0 Å².